The fourth-order valence-electron chi connectivity index (χ4n) is 4.47. The van der Waals surface area contributed by atoms with Gasteiger partial charge >= 0.3 is 0 Å². The number of nitrogens with zero attached hydrogens (tertiary/aromatic N) is 4. The fraction of sp³-hybridized carbons (Fsp3) is 0.500. The minimum absolute atomic E-state index is 0.0265. The Hall–Kier alpha value is -2.85. The lowest BCUT2D eigenvalue weighted by Crippen LogP contribution is -2.29. The third-order valence-corrected chi connectivity index (χ3v) is 6.22. The molecule has 0 atom stereocenters. The number of nitrogens with one attached hydrogen (secondary N) is 2. The van der Waals surface area contributed by atoms with E-state index in [1.807, 2.05) is 4.57 Å². The lowest BCUT2D eigenvalue weighted by atomic mass is 9.93. The summed E-state index contributed by atoms with van der Waals surface area (Å²) in [6, 6.07) is 3.95. The number of benzene rings is 1. The van der Waals surface area contributed by atoms with Crippen molar-refractivity contribution in [1.82, 2.24) is 19.5 Å². The highest BCUT2D eigenvalue weighted by Gasteiger charge is 2.25. The Morgan fingerprint density at radius 3 is 2.44 bits per heavy atom. The highest BCUT2D eigenvalue weighted by Crippen LogP contribution is 2.32. The highest BCUT2D eigenvalue weighted by molar-refractivity contribution is 5.76. The molecule has 32 heavy (non-hydrogen) atoms. The first kappa shape index (κ1) is 21.0. The van der Waals surface area contributed by atoms with Gasteiger partial charge in [-0.25, -0.2) is 18.7 Å². The lowest BCUT2D eigenvalue weighted by molar-refractivity contribution is 0.0710. The van der Waals surface area contributed by atoms with E-state index in [0.717, 1.165) is 38.5 Å². The second-order valence-corrected chi connectivity index (χ2v) is 8.42. The molecule has 1 saturated heterocycles. The molecule has 1 aromatic carbocycles. The molecule has 2 aromatic heterocycles. The van der Waals surface area contributed by atoms with Crippen LogP contribution in [0.3, 0.4) is 0 Å². The Kier molecular flexibility index (Phi) is 5.88. The molecule has 0 radical (unpaired) electrons. The van der Waals surface area contributed by atoms with E-state index in [9.17, 15) is 13.9 Å². The number of aliphatic hydroxyl groups excluding tert-OH is 1. The predicted molar refractivity (Wildman–Crippen MR) is 116 cm³/mol. The van der Waals surface area contributed by atoms with Crippen LogP contribution in [-0.4, -0.2) is 50.0 Å². The Bertz CT molecular complexity index is 1070. The summed E-state index contributed by atoms with van der Waals surface area (Å²) in [7, 11) is 0. The van der Waals surface area contributed by atoms with Gasteiger partial charge in [0, 0.05) is 25.3 Å². The Balaban J connectivity index is 1.51. The molecule has 1 aliphatic heterocycles. The topological polar surface area (TPSA) is 97.1 Å². The van der Waals surface area contributed by atoms with Crippen LogP contribution in [-0.2, 0) is 4.74 Å². The fourth-order valence-corrected chi connectivity index (χ4v) is 4.47. The van der Waals surface area contributed by atoms with Gasteiger partial charge in [-0.3, -0.25) is 4.57 Å². The van der Waals surface area contributed by atoms with Crippen molar-refractivity contribution in [1.29, 1.82) is 0 Å². The molecule has 3 heterocycles. The van der Waals surface area contributed by atoms with E-state index in [1.54, 1.807) is 6.20 Å². The van der Waals surface area contributed by atoms with E-state index < -0.39 is 11.6 Å². The maximum Gasteiger partial charge on any atom is 0.224 e. The Labute approximate surface area is 184 Å². The standard InChI is InChI=1S/C22H26F2N6O2/c23-16-2-1-3-17(24)19(16)28-22-27-18-12-25-21(26-13-4-6-15(31)7-5-13)29-20(18)30(22)14-8-10-32-11-9-14/h1-3,12-15,31H,4-11H2,(H,27,28)(H,25,26,29)/t13-,15-. The van der Waals surface area contributed by atoms with E-state index in [4.69, 9.17) is 9.72 Å². The van der Waals surface area contributed by atoms with Crippen molar-refractivity contribution in [2.75, 3.05) is 23.8 Å². The summed E-state index contributed by atoms with van der Waals surface area (Å²) < 4.78 is 36.0. The third-order valence-electron chi connectivity index (χ3n) is 6.22. The lowest BCUT2D eigenvalue weighted by Gasteiger charge is -2.27. The van der Waals surface area contributed by atoms with Crippen molar-refractivity contribution < 1.29 is 18.6 Å². The van der Waals surface area contributed by atoms with Crippen LogP contribution in [0.1, 0.15) is 44.6 Å². The van der Waals surface area contributed by atoms with Crippen molar-refractivity contribution in [3.8, 4) is 0 Å². The van der Waals surface area contributed by atoms with Crippen LogP contribution in [0, 0.1) is 11.6 Å². The quantitative estimate of drug-likeness (QED) is 0.549. The molecule has 2 fully saturated rings. The number of anilines is 3. The van der Waals surface area contributed by atoms with E-state index in [0.29, 0.717) is 36.3 Å². The molecule has 10 heteroatoms. The molecule has 3 aromatic rings. The van der Waals surface area contributed by atoms with Gasteiger partial charge in [0.05, 0.1) is 12.3 Å². The SMILES string of the molecule is O[C@H]1CC[C@H](Nc2ncc3nc(Nc4c(F)cccc4F)n(C4CCOCC4)c3n2)CC1. The average Bonchev–Trinajstić information content (AvgIpc) is 3.16. The zero-order valence-electron chi connectivity index (χ0n) is 17.6. The number of hydrogen-bond donors (Lipinski definition) is 3. The second-order valence-electron chi connectivity index (χ2n) is 8.42. The van der Waals surface area contributed by atoms with Gasteiger partial charge in [-0.05, 0) is 50.7 Å². The van der Waals surface area contributed by atoms with Gasteiger partial charge in [0.2, 0.25) is 11.9 Å². The van der Waals surface area contributed by atoms with Crippen LogP contribution in [0.25, 0.3) is 11.2 Å². The number of fused-ring (bicyclic) bond motifs is 1. The van der Waals surface area contributed by atoms with Crippen LogP contribution >= 0.6 is 0 Å². The molecular formula is C22H26F2N6O2. The first-order chi connectivity index (χ1) is 15.6. The summed E-state index contributed by atoms with van der Waals surface area (Å²) in [6.45, 7) is 1.19. The van der Waals surface area contributed by atoms with Crippen LogP contribution in [0.2, 0.25) is 0 Å². The van der Waals surface area contributed by atoms with Gasteiger partial charge in [0.25, 0.3) is 0 Å². The summed E-state index contributed by atoms with van der Waals surface area (Å²) in [5.74, 6) is -0.578. The molecule has 1 saturated carbocycles. The summed E-state index contributed by atoms with van der Waals surface area (Å²) in [4.78, 5) is 13.7. The van der Waals surface area contributed by atoms with Crippen molar-refractivity contribution in [2.24, 2.45) is 0 Å². The van der Waals surface area contributed by atoms with E-state index >= 15 is 0 Å². The molecule has 2 aliphatic rings. The second kappa shape index (κ2) is 8.95. The third kappa shape index (κ3) is 4.24. The normalized spacial score (nSPS) is 22.2. The molecule has 0 amide bonds. The van der Waals surface area contributed by atoms with Gasteiger partial charge in [-0.15, -0.1) is 0 Å². The van der Waals surface area contributed by atoms with Gasteiger partial charge in [0.15, 0.2) is 5.65 Å². The zero-order valence-corrected chi connectivity index (χ0v) is 17.6. The van der Waals surface area contributed by atoms with Crippen molar-refractivity contribution in [3.63, 3.8) is 0 Å². The molecule has 0 spiro atoms. The molecule has 5 rings (SSSR count). The molecule has 1 aliphatic carbocycles. The Morgan fingerprint density at radius 1 is 1.00 bits per heavy atom. The van der Waals surface area contributed by atoms with Crippen LogP contribution < -0.4 is 10.6 Å². The number of aromatic nitrogens is 4. The van der Waals surface area contributed by atoms with Crippen LogP contribution in [0.15, 0.2) is 24.4 Å². The molecule has 3 N–H and O–H groups in total. The number of imidazole rings is 1. The first-order valence-corrected chi connectivity index (χ1v) is 11.1. The van der Waals surface area contributed by atoms with E-state index in [-0.39, 0.29) is 23.9 Å². The highest BCUT2D eigenvalue weighted by atomic mass is 19.1. The maximum atomic E-state index is 14.3. The van der Waals surface area contributed by atoms with Crippen LogP contribution in [0.4, 0.5) is 26.4 Å². The predicted octanol–water partition coefficient (Wildman–Crippen LogP) is 3.92. The summed E-state index contributed by atoms with van der Waals surface area (Å²) >= 11 is 0. The number of rotatable bonds is 5. The van der Waals surface area contributed by atoms with Gasteiger partial charge < -0.3 is 20.5 Å². The number of ether oxygens (including phenoxy) is 1. The number of aliphatic hydroxyl groups is 1. The summed E-state index contributed by atoms with van der Waals surface area (Å²) in [5.41, 5.74) is 0.896. The maximum absolute atomic E-state index is 14.3. The molecule has 8 nitrogen and oxygen atoms in total. The molecule has 170 valence electrons. The van der Waals surface area contributed by atoms with Crippen molar-refractivity contribution >= 4 is 28.7 Å². The van der Waals surface area contributed by atoms with E-state index in [2.05, 4.69) is 20.6 Å². The molecular weight excluding hydrogens is 418 g/mol. The minimum atomic E-state index is -0.691. The number of halogens is 2. The first-order valence-electron chi connectivity index (χ1n) is 11.1. The van der Waals surface area contributed by atoms with E-state index in [1.165, 1.54) is 18.2 Å². The monoisotopic (exact) mass is 444 g/mol. The largest absolute Gasteiger partial charge is 0.393 e. The summed E-state index contributed by atoms with van der Waals surface area (Å²) in [5, 5.41) is 15.9. The van der Waals surface area contributed by atoms with Crippen molar-refractivity contribution in [2.45, 2.75) is 56.7 Å². The van der Waals surface area contributed by atoms with Crippen molar-refractivity contribution in [3.05, 3.63) is 36.0 Å². The molecule has 0 unspecified atom stereocenters. The minimum Gasteiger partial charge on any atom is -0.393 e. The van der Waals surface area contributed by atoms with Crippen LogP contribution in [0.5, 0.6) is 0 Å². The summed E-state index contributed by atoms with van der Waals surface area (Å²) in [6.07, 6.45) is 6.08. The van der Waals surface area contributed by atoms with Gasteiger partial charge in [-0.1, -0.05) is 6.07 Å². The zero-order chi connectivity index (χ0) is 22.1. The number of hydrogen-bond acceptors (Lipinski definition) is 7. The smallest absolute Gasteiger partial charge is 0.224 e. The van der Waals surface area contributed by atoms with Gasteiger partial charge in [0.1, 0.15) is 22.8 Å². The number of para-hydroxylation sites is 1. The van der Waals surface area contributed by atoms with Gasteiger partial charge in [-0.2, -0.15) is 4.98 Å². The average molecular weight is 444 g/mol. The Morgan fingerprint density at radius 2 is 1.72 bits per heavy atom. The molecule has 0 bridgehead atoms.